The number of unbranched alkanes of at least 4 members (excludes halogenated alkanes) is 2. The number of ether oxygens (including phenoxy) is 2. The minimum atomic E-state index is -0.557. The zero-order valence-corrected chi connectivity index (χ0v) is 22.7. The summed E-state index contributed by atoms with van der Waals surface area (Å²) in [5, 5.41) is 9.18. The Morgan fingerprint density at radius 2 is 1.11 bits per heavy atom. The Morgan fingerprint density at radius 1 is 0.667 bits per heavy atom. The number of hydrogen-bond acceptors (Lipinski definition) is 4. The van der Waals surface area contributed by atoms with Gasteiger partial charge in [-0.15, -0.1) is 0 Å². The number of aliphatic hydroxyl groups excluding tert-OH is 1. The van der Waals surface area contributed by atoms with E-state index < -0.39 is 6.10 Å². The second-order valence-corrected chi connectivity index (χ2v) is 8.34. The number of esters is 1. The molecule has 0 amide bonds. The maximum atomic E-state index is 11.2. The lowest BCUT2D eigenvalue weighted by atomic mass is 10.2. The van der Waals surface area contributed by atoms with Gasteiger partial charge in [0.05, 0.1) is 13.2 Å². The van der Waals surface area contributed by atoms with Crippen molar-refractivity contribution in [1.29, 1.82) is 0 Å². The molecule has 0 heterocycles. The standard InChI is InChI=1S/C32H50O4/c1-3-5-6-7-8-9-10-11-12-13-14-15-16-17-18-19-20-21-22-23-24-25-26-27-28-35-30-31(29-33)36-32(34)4-2/h5-6,8-9,11-12,14-15,17-18,20-21,23-24,31,33H,3-4,7,10,13,16,19,22,25-30H2,1-2H3/b6-5-,9-8-,12-11-,15-14-,18-17-,21-20-,24-23-. The lowest BCUT2D eigenvalue weighted by molar-refractivity contribution is -0.154. The number of hydrogen-bond donors (Lipinski definition) is 1. The van der Waals surface area contributed by atoms with Gasteiger partial charge in [0.2, 0.25) is 0 Å². The van der Waals surface area contributed by atoms with Gasteiger partial charge in [-0.25, -0.2) is 0 Å². The van der Waals surface area contributed by atoms with Crippen LogP contribution in [0.2, 0.25) is 0 Å². The predicted octanol–water partition coefficient (Wildman–Crippen LogP) is 8.13. The van der Waals surface area contributed by atoms with Crippen LogP contribution in [0.1, 0.15) is 84.5 Å². The first kappa shape index (κ1) is 33.6. The van der Waals surface area contributed by atoms with E-state index in [1.165, 1.54) is 0 Å². The molecule has 0 aliphatic rings. The lowest BCUT2D eigenvalue weighted by Crippen LogP contribution is -2.27. The van der Waals surface area contributed by atoms with Crippen LogP contribution in [0, 0.1) is 0 Å². The molecule has 202 valence electrons. The molecule has 4 nitrogen and oxygen atoms in total. The van der Waals surface area contributed by atoms with Crippen molar-refractivity contribution in [3.8, 4) is 0 Å². The van der Waals surface area contributed by atoms with E-state index >= 15 is 0 Å². The fraction of sp³-hybridized carbons (Fsp3) is 0.531. The molecule has 36 heavy (non-hydrogen) atoms. The Hall–Kier alpha value is -2.43. The summed E-state index contributed by atoms with van der Waals surface area (Å²) >= 11 is 0. The summed E-state index contributed by atoms with van der Waals surface area (Å²) in [5.74, 6) is -0.310. The Kier molecular flexibility index (Phi) is 26.9. The van der Waals surface area contributed by atoms with E-state index in [2.05, 4.69) is 92.0 Å². The highest BCUT2D eigenvalue weighted by Gasteiger charge is 2.11. The first-order chi connectivity index (χ1) is 17.7. The zero-order valence-electron chi connectivity index (χ0n) is 22.7. The Balaban J connectivity index is 3.57. The van der Waals surface area contributed by atoms with Crippen molar-refractivity contribution in [2.24, 2.45) is 0 Å². The van der Waals surface area contributed by atoms with Gasteiger partial charge >= 0.3 is 5.97 Å². The van der Waals surface area contributed by atoms with Crippen molar-refractivity contribution < 1.29 is 19.4 Å². The molecule has 4 heteroatoms. The molecule has 0 fully saturated rings. The monoisotopic (exact) mass is 498 g/mol. The van der Waals surface area contributed by atoms with Crippen LogP contribution in [0.4, 0.5) is 0 Å². The largest absolute Gasteiger partial charge is 0.457 e. The highest BCUT2D eigenvalue weighted by atomic mass is 16.6. The molecule has 0 bridgehead atoms. The number of carbonyl (C=O) groups is 1. The van der Waals surface area contributed by atoms with Gasteiger partial charge in [0.15, 0.2) is 0 Å². The van der Waals surface area contributed by atoms with Gasteiger partial charge in [-0.1, -0.05) is 98.9 Å². The van der Waals surface area contributed by atoms with Crippen LogP contribution >= 0.6 is 0 Å². The van der Waals surface area contributed by atoms with E-state index in [1.54, 1.807) is 6.92 Å². The van der Waals surface area contributed by atoms with E-state index in [-0.39, 0.29) is 19.2 Å². The van der Waals surface area contributed by atoms with Gasteiger partial charge in [0.25, 0.3) is 0 Å². The van der Waals surface area contributed by atoms with Crippen LogP contribution < -0.4 is 0 Å². The fourth-order valence-electron chi connectivity index (χ4n) is 2.98. The van der Waals surface area contributed by atoms with E-state index in [9.17, 15) is 9.90 Å². The van der Waals surface area contributed by atoms with Gasteiger partial charge < -0.3 is 14.6 Å². The topological polar surface area (TPSA) is 55.8 Å². The predicted molar refractivity (Wildman–Crippen MR) is 154 cm³/mol. The normalized spacial score (nSPS) is 13.8. The molecule has 0 aromatic heterocycles. The third-order valence-corrected chi connectivity index (χ3v) is 5.04. The summed E-state index contributed by atoms with van der Waals surface area (Å²) in [6.07, 6.45) is 40.8. The third-order valence-electron chi connectivity index (χ3n) is 5.04. The Labute approximate surface area is 220 Å². The summed E-state index contributed by atoms with van der Waals surface area (Å²) < 4.78 is 10.6. The van der Waals surface area contributed by atoms with Gasteiger partial charge in [0, 0.05) is 13.0 Å². The Bertz CT molecular complexity index is 695. The molecular formula is C32H50O4. The van der Waals surface area contributed by atoms with Crippen molar-refractivity contribution in [2.45, 2.75) is 90.6 Å². The van der Waals surface area contributed by atoms with Crippen LogP contribution in [0.15, 0.2) is 85.1 Å². The van der Waals surface area contributed by atoms with Crippen molar-refractivity contribution in [3.63, 3.8) is 0 Å². The highest BCUT2D eigenvalue weighted by molar-refractivity contribution is 5.69. The maximum absolute atomic E-state index is 11.2. The smallest absolute Gasteiger partial charge is 0.305 e. The summed E-state index contributed by atoms with van der Waals surface area (Å²) in [6.45, 7) is 4.54. The molecule has 0 saturated carbocycles. The van der Waals surface area contributed by atoms with Crippen molar-refractivity contribution in [1.82, 2.24) is 0 Å². The molecule has 1 unspecified atom stereocenters. The SMILES string of the molecule is CC/C=C\C/C=C\C/C=C\C/C=C\C/C=C\C/C=C\C/C=C\CCCCOCC(CO)OC(=O)CC. The quantitative estimate of drug-likeness (QED) is 0.0877. The zero-order chi connectivity index (χ0) is 26.4. The molecule has 0 aliphatic carbocycles. The van der Waals surface area contributed by atoms with Crippen LogP contribution in [0.25, 0.3) is 0 Å². The van der Waals surface area contributed by atoms with Gasteiger partial charge in [0.1, 0.15) is 6.10 Å². The summed E-state index contributed by atoms with van der Waals surface area (Å²) in [5.41, 5.74) is 0. The highest BCUT2D eigenvalue weighted by Crippen LogP contribution is 2.02. The minimum Gasteiger partial charge on any atom is -0.457 e. The first-order valence-electron chi connectivity index (χ1n) is 13.7. The average molecular weight is 499 g/mol. The number of allylic oxidation sites excluding steroid dienone is 14. The first-order valence-corrected chi connectivity index (χ1v) is 13.7. The van der Waals surface area contributed by atoms with Crippen LogP contribution in [0.5, 0.6) is 0 Å². The number of rotatable bonds is 23. The maximum Gasteiger partial charge on any atom is 0.305 e. The van der Waals surface area contributed by atoms with Crippen LogP contribution in [-0.4, -0.2) is 37.0 Å². The molecule has 0 aromatic carbocycles. The average Bonchev–Trinajstić information content (AvgIpc) is 2.89. The van der Waals surface area contributed by atoms with Gasteiger partial charge in [-0.05, 0) is 64.2 Å². The molecular weight excluding hydrogens is 448 g/mol. The van der Waals surface area contributed by atoms with E-state index in [4.69, 9.17) is 9.47 Å². The third kappa shape index (κ3) is 26.2. The van der Waals surface area contributed by atoms with Crippen LogP contribution in [-0.2, 0) is 14.3 Å². The van der Waals surface area contributed by atoms with Crippen molar-refractivity contribution in [2.75, 3.05) is 19.8 Å². The molecule has 1 atom stereocenters. The van der Waals surface area contributed by atoms with Gasteiger partial charge in [-0.2, -0.15) is 0 Å². The minimum absolute atomic E-state index is 0.205. The van der Waals surface area contributed by atoms with Crippen molar-refractivity contribution >= 4 is 5.97 Å². The summed E-state index contributed by atoms with van der Waals surface area (Å²) in [7, 11) is 0. The molecule has 0 aliphatic heterocycles. The van der Waals surface area contributed by atoms with E-state index in [1.807, 2.05) is 0 Å². The van der Waals surface area contributed by atoms with Crippen molar-refractivity contribution in [3.05, 3.63) is 85.1 Å². The molecule has 0 rings (SSSR count). The Morgan fingerprint density at radius 3 is 1.53 bits per heavy atom. The molecule has 0 radical (unpaired) electrons. The molecule has 0 aromatic rings. The van der Waals surface area contributed by atoms with Crippen LogP contribution in [0.3, 0.4) is 0 Å². The second kappa shape index (κ2) is 28.8. The number of carbonyl (C=O) groups excluding carboxylic acids is 1. The van der Waals surface area contributed by atoms with Gasteiger partial charge in [-0.3, -0.25) is 4.79 Å². The summed E-state index contributed by atoms with van der Waals surface area (Å²) in [6, 6.07) is 0. The lowest BCUT2D eigenvalue weighted by Gasteiger charge is -2.15. The molecule has 1 N–H and O–H groups in total. The number of aliphatic hydroxyl groups is 1. The van der Waals surface area contributed by atoms with E-state index in [0.717, 1.165) is 64.2 Å². The van der Waals surface area contributed by atoms with E-state index in [0.29, 0.717) is 13.0 Å². The summed E-state index contributed by atoms with van der Waals surface area (Å²) in [4.78, 5) is 11.2. The second-order valence-electron chi connectivity index (χ2n) is 8.34. The molecule has 0 spiro atoms. The molecule has 0 saturated heterocycles. The fourth-order valence-corrected chi connectivity index (χ4v) is 2.98.